The predicted molar refractivity (Wildman–Crippen MR) is 130 cm³/mol. The lowest BCUT2D eigenvalue weighted by molar-refractivity contribution is -0.137. The van der Waals surface area contributed by atoms with Crippen molar-refractivity contribution in [2.45, 2.75) is 44.3 Å². The van der Waals surface area contributed by atoms with Gasteiger partial charge in [0.2, 0.25) is 0 Å². The Morgan fingerprint density at radius 3 is 2.33 bits per heavy atom. The summed E-state index contributed by atoms with van der Waals surface area (Å²) in [6.07, 6.45) is 0.782. The summed E-state index contributed by atoms with van der Waals surface area (Å²) in [5.74, 6) is 0.573. The van der Waals surface area contributed by atoms with E-state index in [-0.39, 0.29) is 24.4 Å². The van der Waals surface area contributed by atoms with E-state index in [1.54, 1.807) is 6.07 Å². The molecular weight excluding hydrogens is 474 g/mol. The Balaban J connectivity index is 1.11. The van der Waals surface area contributed by atoms with Gasteiger partial charge in [-0.05, 0) is 87.0 Å². The number of piperazine rings is 1. The second-order valence-corrected chi connectivity index (χ2v) is 9.69. The molecule has 36 heavy (non-hydrogen) atoms. The quantitative estimate of drug-likeness (QED) is 0.505. The first-order valence-corrected chi connectivity index (χ1v) is 12.6. The van der Waals surface area contributed by atoms with Crippen LogP contribution in [0.25, 0.3) is 0 Å². The molecule has 0 spiro atoms. The lowest BCUT2D eigenvalue weighted by Gasteiger charge is -2.37. The maximum absolute atomic E-state index is 13.0. The average Bonchev–Trinajstić information content (AvgIpc) is 2.88. The highest BCUT2D eigenvalue weighted by molar-refractivity contribution is 5.77. The van der Waals surface area contributed by atoms with Gasteiger partial charge in [-0.15, -0.1) is 0 Å². The fourth-order valence-corrected chi connectivity index (χ4v) is 5.02. The molecule has 0 aromatic heterocycles. The van der Waals surface area contributed by atoms with Crippen LogP contribution >= 0.6 is 0 Å². The van der Waals surface area contributed by atoms with Crippen molar-refractivity contribution in [3.63, 3.8) is 0 Å². The molecule has 9 heteroatoms. The number of nitrogens with one attached hydrogen (secondary N) is 1. The molecule has 2 aliphatic rings. The van der Waals surface area contributed by atoms with Gasteiger partial charge in [-0.1, -0.05) is 6.07 Å². The van der Waals surface area contributed by atoms with Crippen molar-refractivity contribution in [3.05, 3.63) is 59.9 Å². The zero-order chi connectivity index (χ0) is 25.5. The third-order valence-corrected chi connectivity index (χ3v) is 7.16. The molecule has 0 bridgehead atoms. The molecule has 5 nitrogen and oxygen atoms in total. The normalized spacial score (nSPS) is 21.3. The first-order valence-electron chi connectivity index (χ1n) is 12.6. The van der Waals surface area contributed by atoms with Crippen LogP contribution in [0.4, 0.5) is 23.2 Å². The van der Waals surface area contributed by atoms with Crippen molar-refractivity contribution in [1.82, 2.24) is 10.2 Å². The zero-order valence-electron chi connectivity index (χ0n) is 20.3. The van der Waals surface area contributed by atoms with Gasteiger partial charge in [-0.2, -0.15) is 13.2 Å². The number of ether oxygens (including phenoxy) is 1. The molecule has 4 rings (SSSR count). The number of hydrogen-bond acceptors (Lipinski definition) is 4. The van der Waals surface area contributed by atoms with Gasteiger partial charge in [0.1, 0.15) is 11.6 Å². The molecule has 1 aliphatic carbocycles. The lowest BCUT2D eigenvalue weighted by Crippen LogP contribution is -2.47. The van der Waals surface area contributed by atoms with E-state index in [0.717, 1.165) is 70.9 Å². The Bertz CT molecular complexity index is 983. The fraction of sp³-hybridized carbons (Fsp3) is 0.519. The zero-order valence-corrected chi connectivity index (χ0v) is 20.3. The highest BCUT2D eigenvalue weighted by Crippen LogP contribution is 2.32. The maximum Gasteiger partial charge on any atom is 0.416 e. The van der Waals surface area contributed by atoms with Crippen molar-refractivity contribution in [2.24, 2.45) is 5.92 Å². The number of alkyl halides is 3. The number of anilines is 1. The third-order valence-electron chi connectivity index (χ3n) is 7.16. The molecule has 0 radical (unpaired) electrons. The summed E-state index contributed by atoms with van der Waals surface area (Å²) >= 11 is 0. The lowest BCUT2D eigenvalue weighted by atomic mass is 9.84. The molecule has 1 N–H and O–H groups in total. The molecule has 0 atom stereocenters. The Labute approximate surface area is 209 Å². The number of carbonyl (C=O) groups excluding carboxylic acids is 1. The smallest absolute Gasteiger partial charge is 0.416 e. The van der Waals surface area contributed by atoms with Crippen LogP contribution in [0.5, 0.6) is 5.75 Å². The van der Waals surface area contributed by atoms with E-state index in [4.69, 9.17) is 4.74 Å². The van der Waals surface area contributed by atoms with E-state index in [9.17, 15) is 22.4 Å². The molecule has 1 heterocycles. The van der Waals surface area contributed by atoms with E-state index in [1.807, 2.05) is 4.90 Å². The Kier molecular flexibility index (Phi) is 8.72. The van der Waals surface area contributed by atoms with E-state index in [2.05, 4.69) is 10.2 Å². The van der Waals surface area contributed by atoms with Crippen LogP contribution in [0, 0.1) is 11.7 Å². The van der Waals surface area contributed by atoms with Gasteiger partial charge in [-0.25, -0.2) is 4.39 Å². The minimum atomic E-state index is -4.32. The topological polar surface area (TPSA) is 44.8 Å². The molecule has 1 amide bonds. The minimum Gasteiger partial charge on any atom is -0.484 e. The molecule has 2 fully saturated rings. The molecule has 2 aromatic rings. The molecule has 1 aliphatic heterocycles. The van der Waals surface area contributed by atoms with E-state index in [1.165, 1.54) is 36.4 Å². The summed E-state index contributed by atoms with van der Waals surface area (Å²) in [5.41, 5.74) is 0.0301. The number of carbonyl (C=O) groups is 1. The molecule has 1 saturated carbocycles. The van der Waals surface area contributed by atoms with E-state index < -0.39 is 11.7 Å². The van der Waals surface area contributed by atoms with Gasteiger partial charge in [0, 0.05) is 37.9 Å². The number of amides is 1. The summed E-state index contributed by atoms with van der Waals surface area (Å²) in [5, 5.41) is 3.04. The van der Waals surface area contributed by atoms with Crippen LogP contribution in [-0.4, -0.2) is 56.2 Å². The van der Waals surface area contributed by atoms with Crippen LogP contribution in [0.2, 0.25) is 0 Å². The number of benzene rings is 2. The average molecular weight is 508 g/mol. The highest BCUT2D eigenvalue weighted by Gasteiger charge is 2.31. The van der Waals surface area contributed by atoms with E-state index >= 15 is 0 Å². The van der Waals surface area contributed by atoms with Crippen molar-refractivity contribution in [3.8, 4) is 5.75 Å². The SMILES string of the molecule is O=C(COc1ccc(F)cc1)N[C@H]1CC[C@H](CCN2CCN(c3cccc(C(F)(F)F)c3)CC2)CC1. The van der Waals surface area contributed by atoms with Crippen LogP contribution in [-0.2, 0) is 11.0 Å². The van der Waals surface area contributed by atoms with Crippen molar-refractivity contribution in [1.29, 1.82) is 0 Å². The number of nitrogens with zero attached hydrogens (tertiary/aromatic N) is 2. The van der Waals surface area contributed by atoms with Gasteiger partial charge < -0.3 is 15.0 Å². The highest BCUT2D eigenvalue weighted by atomic mass is 19.4. The molecule has 1 saturated heterocycles. The molecule has 0 unspecified atom stereocenters. The summed E-state index contributed by atoms with van der Waals surface area (Å²) in [7, 11) is 0. The standard InChI is InChI=1S/C27H33F4N3O2/c28-22-6-10-25(11-7-22)36-19-26(35)32-23-8-4-20(5-9-23)12-13-33-14-16-34(17-15-33)24-3-1-2-21(18-24)27(29,30)31/h1-3,6-7,10-11,18,20,23H,4-5,8-9,12-17,19H2,(H,32,35)/t20-,23-. The second-order valence-electron chi connectivity index (χ2n) is 9.69. The largest absolute Gasteiger partial charge is 0.484 e. The molecule has 2 aromatic carbocycles. The van der Waals surface area contributed by atoms with Gasteiger partial charge in [0.05, 0.1) is 5.56 Å². The third kappa shape index (κ3) is 7.59. The molecule has 196 valence electrons. The van der Waals surface area contributed by atoms with Crippen molar-refractivity contribution in [2.75, 3.05) is 44.2 Å². The van der Waals surface area contributed by atoms with Crippen LogP contribution in [0.3, 0.4) is 0 Å². The van der Waals surface area contributed by atoms with Crippen LogP contribution in [0.15, 0.2) is 48.5 Å². The summed E-state index contributed by atoms with van der Waals surface area (Å²) < 4.78 is 57.4. The minimum absolute atomic E-state index is 0.0853. The van der Waals surface area contributed by atoms with Crippen molar-refractivity contribution >= 4 is 11.6 Å². The van der Waals surface area contributed by atoms with E-state index in [0.29, 0.717) is 17.4 Å². The summed E-state index contributed by atoms with van der Waals surface area (Å²) in [4.78, 5) is 16.6. The fourth-order valence-electron chi connectivity index (χ4n) is 5.02. The van der Waals surface area contributed by atoms with Crippen LogP contribution < -0.4 is 15.0 Å². The molecular formula is C27H33F4N3O2. The summed E-state index contributed by atoms with van der Waals surface area (Å²) in [6, 6.07) is 11.3. The number of halogens is 4. The Morgan fingerprint density at radius 1 is 0.972 bits per heavy atom. The van der Waals surface area contributed by atoms with Gasteiger partial charge in [0.25, 0.3) is 5.91 Å². The maximum atomic E-state index is 13.0. The van der Waals surface area contributed by atoms with Gasteiger partial charge >= 0.3 is 6.18 Å². The number of hydrogen-bond donors (Lipinski definition) is 1. The predicted octanol–water partition coefficient (Wildman–Crippen LogP) is 5.11. The monoisotopic (exact) mass is 507 g/mol. The number of rotatable bonds is 8. The first-order chi connectivity index (χ1) is 17.3. The second kappa shape index (κ2) is 12.0. The van der Waals surface area contributed by atoms with Crippen LogP contribution in [0.1, 0.15) is 37.7 Å². The Hall–Kier alpha value is -2.81. The van der Waals surface area contributed by atoms with Crippen molar-refractivity contribution < 1.29 is 27.1 Å². The first kappa shape index (κ1) is 26.3. The van der Waals surface area contributed by atoms with Gasteiger partial charge in [-0.3, -0.25) is 9.69 Å². The van der Waals surface area contributed by atoms with Gasteiger partial charge in [0.15, 0.2) is 6.61 Å². The Morgan fingerprint density at radius 2 is 1.67 bits per heavy atom. The summed E-state index contributed by atoms with van der Waals surface area (Å²) in [6.45, 7) is 4.03.